The molecule has 1 N–H and O–H groups in total. The fourth-order valence-electron chi connectivity index (χ4n) is 9.48. The van der Waals surface area contributed by atoms with E-state index in [1.807, 2.05) is 18.2 Å². The first-order valence-electron chi connectivity index (χ1n) is 18.9. The van der Waals surface area contributed by atoms with E-state index < -0.39 is 53.2 Å². The zero-order valence-electron chi connectivity index (χ0n) is 30.8. The number of phenols is 1. The van der Waals surface area contributed by atoms with E-state index in [0.717, 1.165) is 4.90 Å². The van der Waals surface area contributed by atoms with Gasteiger partial charge in [-0.25, -0.2) is 0 Å². The summed E-state index contributed by atoms with van der Waals surface area (Å²) in [5, 5.41) is 11.4. The quantitative estimate of drug-likeness (QED) is 0.103. The number of fused-ring (bicyclic) bond motifs is 4. The predicted molar refractivity (Wildman–Crippen MR) is 210 cm³/mol. The lowest BCUT2D eigenvalue weighted by Crippen LogP contribution is -2.43. The molecule has 2 saturated heterocycles. The Hall–Kier alpha value is -6.94. The average molecular weight is 757 g/mol. The van der Waals surface area contributed by atoms with Crippen molar-refractivity contribution in [2.45, 2.75) is 18.8 Å². The average Bonchev–Trinajstić information content (AvgIpc) is 3.66. The molecule has 2 aliphatic carbocycles. The van der Waals surface area contributed by atoms with E-state index in [9.17, 15) is 33.9 Å². The molecule has 9 rings (SSSR count). The van der Waals surface area contributed by atoms with Crippen LogP contribution in [0.15, 0.2) is 139 Å². The van der Waals surface area contributed by atoms with Crippen molar-refractivity contribution in [2.24, 2.45) is 29.6 Å². The number of rotatable bonds is 8. The maximum atomic E-state index is 14.6. The Morgan fingerprint density at radius 1 is 0.561 bits per heavy atom. The lowest BCUT2D eigenvalue weighted by atomic mass is 9.57. The van der Waals surface area contributed by atoms with Crippen molar-refractivity contribution in [3.05, 3.63) is 167 Å². The summed E-state index contributed by atoms with van der Waals surface area (Å²) in [6.07, 6.45) is 2.25. The second kappa shape index (κ2) is 14.0. The third-order valence-electron chi connectivity index (χ3n) is 12.1. The minimum absolute atomic E-state index is 0.121. The normalized spacial score (nSPS) is 23.8. The summed E-state index contributed by atoms with van der Waals surface area (Å²) >= 11 is 0. The van der Waals surface area contributed by atoms with Gasteiger partial charge in [0.25, 0.3) is 0 Å². The summed E-state index contributed by atoms with van der Waals surface area (Å²) in [4.78, 5) is 86.4. The molecule has 5 aromatic rings. The van der Waals surface area contributed by atoms with Crippen molar-refractivity contribution < 1.29 is 38.6 Å². The number of nitrogens with zero attached hydrogens (tertiary/aromatic N) is 2. The maximum Gasteiger partial charge on any atom is 0.238 e. The Morgan fingerprint density at radius 3 is 1.58 bits per heavy atom. The molecule has 0 bridgehead atoms. The van der Waals surface area contributed by atoms with Crippen molar-refractivity contribution in [2.75, 3.05) is 16.9 Å². The predicted octanol–water partition coefficient (Wildman–Crippen LogP) is 6.91. The van der Waals surface area contributed by atoms with Crippen LogP contribution in [0.25, 0.3) is 0 Å². The Morgan fingerprint density at radius 2 is 1.05 bits per heavy atom. The summed E-state index contributed by atoms with van der Waals surface area (Å²) in [6.45, 7) is 0. The summed E-state index contributed by atoms with van der Waals surface area (Å²) < 4.78 is 5.73. The molecule has 0 spiro atoms. The number of benzene rings is 5. The van der Waals surface area contributed by atoms with E-state index in [-0.39, 0.29) is 36.1 Å². The molecule has 6 unspecified atom stereocenters. The summed E-state index contributed by atoms with van der Waals surface area (Å²) in [7, 11) is 1.46. The number of ketones is 2. The van der Waals surface area contributed by atoms with Crippen LogP contribution in [0.1, 0.15) is 56.2 Å². The van der Waals surface area contributed by atoms with Gasteiger partial charge in [0.15, 0.2) is 11.6 Å². The number of phenolic OH excluding ortho intramolecular Hbond substituents is 1. The van der Waals surface area contributed by atoms with Gasteiger partial charge in [-0.3, -0.25) is 38.6 Å². The molecule has 3 fully saturated rings. The van der Waals surface area contributed by atoms with Crippen molar-refractivity contribution in [3.63, 3.8) is 0 Å². The molecule has 5 aromatic carbocycles. The van der Waals surface area contributed by atoms with Gasteiger partial charge < -0.3 is 9.84 Å². The molecule has 2 heterocycles. The largest absolute Gasteiger partial charge is 0.508 e. The van der Waals surface area contributed by atoms with Gasteiger partial charge in [-0.05, 0) is 79.4 Å². The molecular weight excluding hydrogens is 721 g/mol. The van der Waals surface area contributed by atoms with E-state index in [1.54, 1.807) is 109 Å². The number of carbonyl (C=O) groups excluding carboxylic acids is 6. The van der Waals surface area contributed by atoms with E-state index >= 15 is 0 Å². The van der Waals surface area contributed by atoms with E-state index in [1.165, 1.54) is 18.1 Å². The highest BCUT2D eigenvalue weighted by Crippen LogP contribution is 2.60. The Bertz CT molecular complexity index is 2510. The van der Waals surface area contributed by atoms with Crippen LogP contribution in [-0.4, -0.2) is 47.4 Å². The van der Waals surface area contributed by atoms with E-state index in [4.69, 9.17) is 4.74 Å². The molecule has 6 atom stereocenters. The lowest BCUT2D eigenvalue weighted by Gasteiger charge is -2.44. The first-order valence-corrected chi connectivity index (χ1v) is 18.9. The first-order chi connectivity index (χ1) is 27.7. The van der Waals surface area contributed by atoms with Gasteiger partial charge in [-0.1, -0.05) is 78.4 Å². The monoisotopic (exact) mass is 756 g/mol. The van der Waals surface area contributed by atoms with E-state index in [2.05, 4.69) is 0 Å². The van der Waals surface area contributed by atoms with Gasteiger partial charge in [-0.2, -0.15) is 0 Å². The van der Waals surface area contributed by atoms with Crippen LogP contribution in [-0.2, 0) is 19.2 Å². The van der Waals surface area contributed by atoms with Crippen LogP contribution >= 0.6 is 0 Å². The number of methoxy groups -OCH3 is 1. The number of hydrogen-bond donors (Lipinski definition) is 1. The third kappa shape index (κ3) is 5.70. The molecular formula is C47H36N2O8. The zero-order valence-corrected chi connectivity index (χ0v) is 30.8. The number of aromatic hydroxyl groups is 1. The second-order valence-corrected chi connectivity index (χ2v) is 14.9. The molecule has 4 aliphatic rings. The smallest absolute Gasteiger partial charge is 0.238 e. The van der Waals surface area contributed by atoms with Crippen molar-refractivity contribution in [3.8, 4) is 11.5 Å². The highest BCUT2D eigenvalue weighted by Gasteiger charge is 2.63. The fourth-order valence-corrected chi connectivity index (χ4v) is 9.48. The number of carbonyl (C=O) groups is 6. The fraction of sp³-hybridized carbons (Fsp3) is 0.191. The molecule has 4 amide bonds. The molecule has 10 heteroatoms. The number of hydrogen-bond acceptors (Lipinski definition) is 8. The number of amides is 4. The minimum Gasteiger partial charge on any atom is -0.508 e. The number of ether oxygens (including phenoxy) is 1. The standard InChI is InChI=1S/C47H36N2O8/c1-57-37-14-8-13-36(50)41(37)39-32-23-24-33-38(46(55)48(44(33)53)30-19-15-28(16-20-30)42(51)26-9-4-2-5-10-26)34(32)25-35-40(39)47(56)49(45(35)54)31-21-17-29(18-22-31)43(52)27-11-6-3-7-12-27/h2-23,33-35,38-40,50H,24-25H2,1H3. The Kier molecular flexibility index (Phi) is 8.76. The van der Waals surface area contributed by atoms with Gasteiger partial charge >= 0.3 is 0 Å². The van der Waals surface area contributed by atoms with Gasteiger partial charge in [-0.15, -0.1) is 0 Å². The lowest BCUT2D eigenvalue weighted by molar-refractivity contribution is -0.126. The molecule has 10 nitrogen and oxygen atoms in total. The number of allylic oxidation sites excluding steroid dienone is 2. The van der Waals surface area contributed by atoms with Crippen molar-refractivity contribution >= 4 is 46.6 Å². The summed E-state index contributed by atoms with van der Waals surface area (Å²) in [5.74, 6) is -6.73. The highest BCUT2D eigenvalue weighted by molar-refractivity contribution is 6.24. The number of anilines is 2. The van der Waals surface area contributed by atoms with Crippen LogP contribution in [0.4, 0.5) is 11.4 Å². The maximum absolute atomic E-state index is 14.6. The van der Waals surface area contributed by atoms with Gasteiger partial charge in [0.1, 0.15) is 11.5 Å². The van der Waals surface area contributed by atoms with Gasteiger partial charge in [0, 0.05) is 33.7 Å². The zero-order chi connectivity index (χ0) is 39.5. The van der Waals surface area contributed by atoms with Crippen LogP contribution in [0.2, 0.25) is 0 Å². The minimum atomic E-state index is -0.942. The van der Waals surface area contributed by atoms with Crippen LogP contribution < -0.4 is 14.5 Å². The second-order valence-electron chi connectivity index (χ2n) is 14.9. The molecule has 282 valence electrons. The first kappa shape index (κ1) is 35.7. The topological polar surface area (TPSA) is 138 Å². The van der Waals surface area contributed by atoms with Gasteiger partial charge in [0.2, 0.25) is 23.6 Å². The Balaban J connectivity index is 1.07. The third-order valence-corrected chi connectivity index (χ3v) is 12.1. The number of imide groups is 2. The Labute approximate surface area is 328 Å². The van der Waals surface area contributed by atoms with Crippen LogP contribution in [0.3, 0.4) is 0 Å². The van der Waals surface area contributed by atoms with Crippen LogP contribution in [0.5, 0.6) is 11.5 Å². The van der Waals surface area contributed by atoms with Gasteiger partial charge in [0.05, 0.1) is 42.2 Å². The molecule has 2 aliphatic heterocycles. The molecule has 1 saturated carbocycles. The highest BCUT2D eigenvalue weighted by atomic mass is 16.5. The van der Waals surface area contributed by atoms with Crippen molar-refractivity contribution in [1.29, 1.82) is 0 Å². The van der Waals surface area contributed by atoms with Crippen LogP contribution in [0, 0.1) is 29.6 Å². The van der Waals surface area contributed by atoms with E-state index in [0.29, 0.717) is 50.5 Å². The SMILES string of the molecule is COc1cccc(O)c1C1C2=CCC3C(=O)N(c4ccc(C(=O)c5ccccc5)cc4)C(=O)C3C2CC2C(=O)N(c3ccc(C(=O)c4ccccc4)cc3)C(=O)C21. The molecule has 0 aromatic heterocycles. The summed E-state index contributed by atoms with van der Waals surface area (Å²) in [5.41, 5.74) is 3.51. The summed E-state index contributed by atoms with van der Waals surface area (Å²) in [6, 6.07) is 35.2. The van der Waals surface area contributed by atoms with Crippen molar-refractivity contribution in [1.82, 2.24) is 0 Å². The molecule has 0 radical (unpaired) electrons. The molecule has 57 heavy (non-hydrogen) atoms.